The Bertz CT molecular complexity index is 763. The molecule has 1 atom stereocenters. The Morgan fingerprint density at radius 3 is 3.00 bits per heavy atom. The number of rotatable bonds is 6. The van der Waals surface area contributed by atoms with Crippen LogP contribution in [0, 0.1) is 0 Å². The minimum Gasteiger partial charge on any atom is -0.370 e. The largest absolute Gasteiger partial charge is 0.370 e. The quantitative estimate of drug-likeness (QED) is 0.501. The second-order valence-corrected chi connectivity index (χ2v) is 7.00. The number of nitrogens with one attached hydrogen (secondary N) is 2. The lowest BCUT2D eigenvalue weighted by Crippen LogP contribution is -2.38. The lowest BCUT2D eigenvalue weighted by Gasteiger charge is -2.35. The number of nitrogens with two attached hydrogens (primary N) is 1. The van der Waals surface area contributed by atoms with Gasteiger partial charge in [0, 0.05) is 11.6 Å². The van der Waals surface area contributed by atoms with Crippen molar-refractivity contribution in [3.63, 3.8) is 0 Å². The number of benzene rings is 1. The van der Waals surface area contributed by atoms with Gasteiger partial charge in [0.1, 0.15) is 11.6 Å². The van der Waals surface area contributed by atoms with Gasteiger partial charge in [0.15, 0.2) is 0 Å². The summed E-state index contributed by atoms with van der Waals surface area (Å²) in [6.07, 6.45) is 4.64. The molecule has 1 aromatic carbocycles. The van der Waals surface area contributed by atoms with Crippen LogP contribution in [0.2, 0.25) is 5.02 Å². The van der Waals surface area contributed by atoms with Crippen molar-refractivity contribution in [2.24, 2.45) is 5.90 Å². The van der Waals surface area contributed by atoms with E-state index in [2.05, 4.69) is 49.5 Å². The van der Waals surface area contributed by atoms with Crippen molar-refractivity contribution in [2.45, 2.75) is 18.9 Å². The summed E-state index contributed by atoms with van der Waals surface area (Å²) in [4.78, 5) is 4.61. The monoisotopic (exact) mass is 411 g/mol. The predicted molar refractivity (Wildman–Crippen MR) is 99.4 cm³/mol. The van der Waals surface area contributed by atoms with E-state index in [4.69, 9.17) is 17.5 Å². The summed E-state index contributed by atoms with van der Waals surface area (Å²) >= 11 is 9.97. The molecule has 2 aromatic rings. The Morgan fingerprint density at radius 2 is 2.25 bits per heavy atom. The van der Waals surface area contributed by atoms with Crippen LogP contribution >= 0.6 is 27.5 Å². The number of hydrogen-bond acceptors (Lipinski definition) is 5. The highest BCUT2D eigenvalue weighted by Gasteiger charge is 2.33. The topological polar surface area (TPSA) is 77.1 Å². The second-order valence-electron chi connectivity index (χ2n) is 5.74. The molecule has 0 amide bonds. The van der Waals surface area contributed by atoms with Gasteiger partial charge in [-0.05, 0) is 47.0 Å². The maximum absolute atomic E-state index is 6.43. The molecule has 6 nitrogen and oxygen atoms in total. The molecule has 2 heterocycles. The Labute approximate surface area is 154 Å². The Balaban J connectivity index is 1.97. The Morgan fingerprint density at radius 1 is 1.46 bits per heavy atom. The van der Waals surface area contributed by atoms with Crippen molar-refractivity contribution < 1.29 is 4.84 Å². The summed E-state index contributed by atoms with van der Waals surface area (Å²) in [5.41, 5.74) is 0.527. The van der Waals surface area contributed by atoms with Gasteiger partial charge >= 0.3 is 0 Å². The zero-order valence-electron chi connectivity index (χ0n) is 13.2. The molecule has 1 unspecified atom stereocenters. The van der Waals surface area contributed by atoms with E-state index in [0.29, 0.717) is 11.6 Å². The Hall–Kier alpha value is -1.54. The summed E-state index contributed by atoms with van der Waals surface area (Å²) in [5.74, 6) is 6.83. The number of fused-ring (bicyclic) bond motifs is 1. The highest BCUT2D eigenvalue weighted by atomic mass is 79.9. The highest BCUT2D eigenvalue weighted by Crippen LogP contribution is 2.39. The van der Waals surface area contributed by atoms with Gasteiger partial charge in [0.25, 0.3) is 0 Å². The lowest BCUT2D eigenvalue weighted by atomic mass is 9.90. The van der Waals surface area contributed by atoms with E-state index in [1.807, 2.05) is 28.9 Å². The summed E-state index contributed by atoms with van der Waals surface area (Å²) < 4.78 is 2.71. The van der Waals surface area contributed by atoms with Crippen molar-refractivity contribution >= 4 is 39.2 Å². The first kappa shape index (κ1) is 17.3. The van der Waals surface area contributed by atoms with Gasteiger partial charge < -0.3 is 15.5 Å². The fourth-order valence-electron chi connectivity index (χ4n) is 2.77. The third kappa shape index (κ3) is 3.30. The summed E-state index contributed by atoms with van der Waals surface area (Å²) in [6, 6.07) is 7.82. The number of halogens is 2. The van der Waals surface area contributed by atoms with Crippen LogP contribution in [0.4, 0.5) is 5.82 Å². The van der Waals surface area contributed by atoms with Crippen molar-refractivity contribution in [1.82, 2.24) is 15.1 Å². The zero-order valence-corrected chi connectivity index (χ0v) is 15.6. The number of hydrogen-bond donors (Lipinski definition) is 3. The minimum atomic E-state index is -0.469. The fourth-order valence-corrected chi connectivity index (χ4v) is 3.46. The van der Waals surface area contributed by atoms with E-state index in [0.717, 1.165) is 34.6 Å². The molecule has 0 spiro atoms. The first-order valence-electron chi connectivity index (χ1n) is 7.60. The SMILES string of the molecule is CC1(c2ccccc2Cl)C=C(NCCCON)n2ncc(Br)c2N1. The standard InChI is InChI=1S/C16H19BrClN5O/c1-16(11-5-2-3-6-13(11)18)9-14(20-7-4-8-24-19)23-15(22-16)12(17)10-21-23/h2-3,5-6,9-10,20,22H,4,7-8,19H2,1H3. The summed E-state index contributed by atoms with van der Waals surface area (Å²) in [7, 11) is 0. The molecule has 1 aromatic heterocycles. The van der Waals surface area contributed by atoms with E-state index in [9.17, 15) is 0 Å². The average molecular weight is 413 g/mol. The molecule has 0 saturated carbocycles. The molecule has 8 heteroatoms. The Kier molecular flexibility index (Phi) is 5.15. The van der Waals surface area contributed by atoms with Crippen LogP contribution in [0.15, 0.2) is 41.0 Å². The van der Waals surface area contributed by atoms with Gasteiger partial charge in [0.2, 0.25) is 0 Å². The zero-order chi connectivity index (χ0) is 17.2. The molecule has 0 radical (unpaired) electrons. The van der Waals surface area contributed by atoms with Gasteiger partial charge in [-0.2, -0.15) is 5.10 Å². The highest BCUT2D eigenvalue weighted by molar-refractivity contribution is 9.10. The van der Waals surface area contributed by atoms with E-state index in [1.165, 1.54) is 0 Å². The normalized spacial score (nSPS) is 19.4. The molecular formula is C16H19BrClN5O. The maximum Gasteiger partial charge on any atom is 0.146 e. The minimum absolute atomic E-state index is 0.469. The molecule has 1 aliphatic heterocycles. The van der Waals surface area contributed by atoms with Crippen LogP contribution in [0.5, 0.6) is 0 Å². The molecule has 3 rings (SSSR count). The van der Waals surface area contributed by atoms with E-state index < -0.39 is 5.54 Å². The van der Waals surface area contributed by atoms with Crippen molar-refractivity contribution in [3.05, 3.63) is 51.6 Å². The number of nitrogens with zero attached hydrogens (tertiary/aromatic N) is 2. The molecule has 0 saturated heterocycles. The molecule has 4 N–H and O–H groups in total. The predicted octanol–water partition coefficient (Wildman–Crippen LogP) is 3.31. The first-order valence-corrected chi connectivity index (χ1v) is 8.78. The molecule has 0 aliphatic carbocycles. The van der Waals surface area contributed by atoms with Gasteiger partial charge in [-0.25, -0.2) is 10.6 Å². The molecular weight excluding hydrogens is 394 g/mol. The van der Waals surface area contributed by atoms with E-state index in [-0.39, 0.29) is 0 Å². The number of aromatic nitrogens is 2. The maximum atomic E-state index is 6.43. The van der Waals surface area contributed by atoms with Gasteiger partial charge in [-0.1, -0.05) is 29.8 Å². The van der Waals surface area contributed by atoms with Crippen molar-refractivity contribution in [2.75, 3.05) is 18.5 Å². The first-order chi connectivity index (χ1) is 11.5. The van der Waals surface area contributed by atoms with Crippen LogP contribution in [-0.4, -0.2) is 22.9 Å². The average Bonchev–Trinajstić information content (AvgIpc) is 2.93. The van der Waals surface area contributed by atoms with Gasteiger partial charge in [0.05, 0.1) is 22.8 Å². The lowest BCUT2D eigenvalue weighted by molar-refractivity contribution is 0.136. The molecule has 1 aliphatic rings. The third-order valence-corrected chi connectivity index (χ3v) is 4.84. The van der Waals surface area contributed by atoms with Crippen LogP contribution in [0.25, 0.3) is 5.82 Å². The third-order valence-electron chi connectivity index (χ3n) is 3.93. The number of anilines is 1. The molecule has 0 fully saturated rings. The van der Waals surface area contributed by atoms with Gasteiger partial charge in [-0.3, -0.25) is 0 Å². The van der Waals surface area contributed by atoms with Crippen molar-refractivity contribution in [1.29, 1.82) is 0 Å². The van der Waals surface area contributed by atoms with Crippen LogP contribution < -0.4 is 16.5 Å². The second kappa shape index (κ2) is 7.14. The van der Waals surface area contributed by atoms with Crippen molar-refractivity contribution in [3.8, 4) is 0 Å². The van der Waals surface area contributed by atoms with Crippen LogP contribution in [-0.2, 0) is 10.4 Å². The molecule has 0 bridgehead atoms. The molecule has 128 valence electrons. The van der Waals surface area contributed by atoms with Crippen LogP contribution in [0.3, 0.4) is 0 Å². The van der Waals surface area contributed by atoms with Gasteiger partial charge in [-0.15, -0.1) is 0 Å². The van der Waals surface area contributed by atoms with E-state index in [1.54, 1.807) is 6.20 Å². The van der Waals surface area contributed by atoms with Crippen LogP contribution in [0.1, 0.15) is 18.9 Å². The molecule has 24 heavy (non-hydrogen) atoms. The smallest absolute Gasteiger partial charge is 0.146 e. The summed E-state index contributed by atoms with van der Waals surface area (Å²) in [6.45, 7) is 3.30. The summed E-state index contributed by atoms with van der Waals surface area (Å²) in [5, 5.41) is 12.0. The van der Waals surface area contributed by atoms with E-state index >= 15 is 0 Å². The fraction of sp³-hybridized carbons (Fsp3) is 0.312.